The Morgan fingerprint density at radius 2 is 1.84 bits per heavy atom. The molecule has 4 aromatic rings. The molecule has 0 spiro atoms. The zero-order chi connectivity index (χ0) is 22.7. The number of rotatable bonds is 7. The molecule has 0 amide bonds. The average molecular weight is 431 g/mol. The summed E-state index contributed by atoms with van der Waals surface area (Å²) in [7, 11) is 0. The number of esters is 1. The highest BCUT2D eigenvalue weighted by Crippen LogP contribution is 2.30. The fourth-order valence-electron chi connectivity index (χ4n) is 3.92. The minimum absolute atomic E-state index is 0.142. The maximum absolute atomic E-state index is 12.6. The number of nitrogens with zero attached hydrogens (tertiary/aromatic N) is 1. The van der Waals surface area contributed by atoms with Gasteiger partial charge in [0.1, 0.15) is 17.9 Å². The number of ether oxygens (including phenoxy) is 2. The van der Waals surface area contributed by atoms with Crippen LogP contribution in [0.25, 0.3) is 21.7 Å². The third-order valence-electron chi connectivity index (χ3n) is 5.66. The maximum atomic E-state index is 12.6. The fraction of sp³-hybridized carbons (Fsp3) is 0.269. The van der Waals surface area contributed by atoms with Gasteiger partial charge in [-0.1, -0.05) is 24.3 Å². The van der Waals surface area contributed by atoms with E-state index in [1.165, 1.54) is 0 Å². The van der Waals surface area contributed by atoms with E-state index in [4.69, 9.17) is 13.9 Å². The lowest BCUT2D eigenvalue weighted by atomic mass is 10.0. The van der Waals surface area contributed by atoms with Crippen LogP contribution in [0.15, 0.2) is 57.9 Å². The average Bonchev–Trinajstić information content (AvgIpc) is 2.79. The zero-order valence-corrected chi connectivity index (χ0v) is 18.4. The second-order valence-corrected chi connectivity index (χ2v) is 7.63. The van der Waals surface area contributed by atoms with Crippen molar-refractivity contribution in [1.82, 2.24) is 4.98 Å². The van der Waals surface area contributed by atoms with Crippen molar-refractivity contribution < 1.29 is 18.7 Å². The van der Waals surface area contributed by atoms with Gasteiger partial charge >= 0.3 is 11.6 Å². The number of benzene rings is 2. The first-order chi connectivity index (χ1) is 15.5. The van der Waals surface area contributed by atoms with Crippen LogP contribution in [0.2, 0.25) is 0 Å². The van der Waals surface area contributed by atoms with Gasteiger partial charge in [0.05, 0.1) is 12.3 Å². The van der Waals surface area contributed by atoms with Gasteiger partial charge in [-0.15, -0.1) is 0 Å². The molecule has 6 nitrogen and oxygen atoms in total. The minimum Gasteiger partial charge on any atom is -0.487 e. The quantitative estimate of drug-likeness (QED) is 0.302. The lowest BCUT2D eigenvalue weighted by Gasteiger charge is -2.14. The molecule has 6 heteroatoms. The summed E-state index contributed by atoms with van der Waals surface area (Å²) in [6.45, 7) is 6.12. The summed E-state index contributed by atoms with van der Waals surface area (Å²) < 4.78 is 16.7. The summed E-state index contributed by atoms with van der Waals surface area (Å²) in [6, 6.07) is 13.8. The van der Waals surface area contributed by atoms with E-state index in [-0.39, 0.29) is 18.8 Å². The Balaban J connectivity index is 1.62. The smallest absolute Gasteiger partial charge is 0.339 e. The molecule has 0 aliphatic carbocycles. The van der Waals surface area contributed by atoms with Crippen molar-refractivity contribution in [3.63, 3.8) is 0 Å². The summed E-state index contributed by atoms with van der Waals surface area (Å²) in [5.74, 6) is 0.308. The van der Waals surface area contributed by atoms with E-state index in [9.17, 15) is 9.59 Å². The Morgan fingerprint density at radius 3 is 2.66 bits per heavy atom. The predicted molar refractivity (Wildman–Crippen MR) is 123 cm³/mol. The summed E-state index contributed by atoms with van der Waals surface area (Å²) in [4.78, 5) is 28.8. The number of hydrogen-bond donors (Lipinski definition) is 0. The van der Waals surface area contributed by atoms with Crippen molar-refractivity contribution in [2.75, 3.05) is 6.61 Å². The Kier molecular flexibility index (Phi) is 6.21. The molecule has 0 atom stereocenters. The van der Waals surface area contributed by atoms with E-state index in [2.05, 4.69) is 4.98 Å². The predicted octanol–water partition coefficient (Wildman–Crippen LogP) is 5.03. The van der Waals surface area contributed by atoms with Crippen molar-refractivity contribution in [3.05, 3.63) is 81.5 Å². The molecule has 2 aromatic carbocycles. The molecule has 2 aromatic heterocycles. The maximum Gasteiger partial charge on any atom is 0.339 e. The highest BCUT2D eigenvalue weighted by Gasteiger charge is 2.17. The Labute approximate surface area is 185 Å². The summed E-state index contributed by atoms with van der Waals surface area (Å²) >= 11 is 0. The van der Waals surface area contributed by atoms with Gasteiger partial charge in [0, 0.05) is 34.5 Å². The Bertz CT molecular complexity index is 1350. The number of hydrogen-bond acceptors (Lipinski definition) is 6. The molecule has 0 aliphatic rings. The first kappa shape index (κ1) is 21.6. The molecule has 4 rings (SSSR count). The third-order valence-corrected chi connectivity index (χ3v) is 5.66. The molecule has 0 saturated carbocycles. The summed E-state index contributed by atoms with van der Waals surface area (Å²) in [6.07, 6.45) is 2.20. The topological polar surface area (TPSA) is 78.6 Å². The van der Waals surface area contributed by atoms with Crippen LogP contribution in [0, 0.1) is 13.8 Å². The van der Waals surface area contributed by atoms with Crippen LogP contribution in [0.5, 0.6) is 5.75 Å². The van der Waals surface area contributed by atoms with Crippen LogP contribution in [0.1, 0.15) is 35.7 Å². The van der Waals surface area contributed by atoms with Crippen LogP contribution in [-0.4, -0.2) is 17.6 Å². The van der Waals surface area contributed by atoms with Crippen LogP contribution in [0.3, 0.4) is 0 Å². The monoisotopic (exact) mass is 431 g/mol. The Hall–Kier alpha value is -3.67. The number of carbonyl (C=O) groups excluding carboxylic acids is 1. The van der Waals surface area contributed by atoms with Gasteiger partial charge < -0.3 is 13.9 Å². The molecule has 0 N–H and O–H groups in total. The molecule has 2 heterocycles. The first-order valence-electron chi connectivity index (χ1n) is 10.7. The molecule has 0 radical (unpaired) electrons. The largest absolute Gasteiger partial charge is 0.487 e. The van der Waals surface area contributed by atoms with Gasteiger partial charge in [0.25, 0.3) is 0 Å². The highest BCUT2D eigenvalue weighted by atomic mass is 16.5. The number of aryl methyl sites for hydroxylation is 2. The van der Waals surface area contributed by atoms with Crippen molar-refractivity contribution in [1.29, 1.82) is 0 Å². The minimum atomic E-state index is -0.435. The van der Waals surface area contributed by atoms with Crippen molar-refractivity contribution in [2.24, 2.45) is 0 Å². The SMILES string of the molecule is CCOC(=O)CCc1c(C)c2ccc(OCc3nccc4ccccc34)c(C)c2oc1=O. The van der Waals surface area contributed by atoms with Crippen LogP contribution in [-0.2, 0) is 22.6 Å². The Morgan fingerprint density at radius 1 is 1.03 bits per heavy atom. The molecule has 32 heavy (non-hydrogen) atoms. The van der Waals surface area contributed by atoms with Gasteiger partial charge in [-0.2, -0.15) is 0 Å². The van der Waals surface area contributed by atoms with E-state index in [0.717, 1.165) is 33.0 Å². The van der Waals surface area contributed by atoms with Crippen molar-refractivity contribution in [2.45, 2.75) is 40.2 Å². The van der Waals surface area contributed by atoms with Crippen LogP contribution < -0.4 is 10.4 Å². The van der Waals surface area contributed by atoms with Gasteiger partial charge in [-0.25, -0.2) is 4.79 Å². The van der Waals surface area contributed by atoms with E-state index >= 15 is 0 Å². The van der Waals surface area contributed by atoms with Crippen LogP contribution >= 0.6 is 0 Å². The van der Waals surface area contributed by atoms with Gasteiger partial charge in [0.2, 0.25) is 0 Å². The van der Waals surface area contributed by atoms with Gasteiger partial charge in [0.15, 0.2) is 0 Å². The van der Waals surface area contributed by atoms with E-state index in [0.29, 0.717) is 30.1 Å². The summed E-state index contributed by atoms with van der Waals surface area (Å²) in [5.41, 5.74) is 2.96. The van der Waals surface area contributed by atoms with E-state index in [1.807, 2.05) is 56.3 Å². The second-order valence-electron chi connectivity index (χ2n) is 7.63. The zero-order valence-electron chi connectivity index (χ0n) is 18.4. The third kappa shape index (κ3) is 4.21. The molecule has 0 bridgehead atoms. The fourth-order valence-corrected chi connectivity index (χ4v) is 3.92. The molecule has 164 valence electrons. The molecular weight excluding hydrogens is 406 g/mol. The molecule has 0 aliphatic heterocycles. The molecule has 0 unspecified atom stereocenters. The second kappa shape index (κ2) is 9.22. The van der Waals surface area contributed by atoms with Crippen molar-refractivity contribution >= 4 is 27.7 Å². The highest BCUT2D eigenvalue weighted by molar-refractivity contribution is 5.86. The van der Waals surface area contributed by atoms with Gasteiger partial charge in [-0.05, 0) is 56.3 Å². The number of pyridine rings is 1. The number of fused-ring (bicyclic) bond motifs is 2. The normalized spacial score (nSPS) is 11.1. The van der Waals surface area contributed by atoms with Crippen LogP contribution in [0.4, 0.5) is 0 Å². The lowest BCUT2D eigenvalue weighted by molar-refractivity contribution is -0.143. The first-order valence-corrected chi connectivity index (χ1v) is 10.7. The van der Waals surface area contributed by atoms with E-state index in [1.54, 1.807) is 13.1 Å². The molecule has 0 fully saturated rings. The standard InChI is InChI=1S/C26H25NO5/c1-4-30-24(28)12-10-20-16(2)19-9-11-23(17(3)25(19)32-26(20)29)31-15-22-21-8-6-5-7-18(21)13-14-27-22/h5-9,11,13-14H,4,10,12,15H2,1-3H3. The number of aromatic nitrogens is 1. The molecular formula is C26H25NO5. The summed E-state index contributed by atoms with van der Waals surface area (Å²) in [5, 5.41) is 2.98. The molecule has 0 saturated heterocycles. The van der Waals surface area contributed by atoms with E-state index < -0.39 is 5.63 Å². The van der Waals surface area contributed by atoms with Crippen molar-refractivity contribution in [3.8, 4) is 5.75 Å². The van der Waals surface area contributed by atoms with Gasteiger partial charge in [-0.3, -0.25) is 9.78 Å². The lowest BCUT2D eigenvalue weighted by Crippen LogP contribution is -2.14. The number of carbonyl (C=O) groups is 1.